The van der Waals surface area contributed by atoms with Crippen molar-refractivity contribution < 1.29 is 4.74 Å². The third-order valence-corrected chi connectivity index (χ3v) is 4.55. The molecule has 4 unspecified atom stereocenters. The highest BCUT2D eigenvalue weighted by atomic mass is 16.5. The minimum absolute atomic E-state index is 0.580. The zero-order valence-corrected chi connectivity index (χ0v) is 10.9. The van der Waals surface area contributed by atoms with E-state index in [0.29, 0.717) is 6.04 Å². The third kappa shape index (κ3) is 2.98. The van der Waals surface area contributed by atoms with E-state index in [2.05, 4.69) is 19.3 Å². The Morgan fingerprint density at radius 1 is 1.31 bits per heavy atom. The van der Waals surface area contributed by atoms with Crippen molar-refractivity contribution in [2.75, 3.05) is 20.3 Å². The fraction of sp³-hybridized carbons (Fsp3) is 1.00. The molecular formula is C14H27NO. The minimum atomic E-state index is 0.580. The minimum Gasteiger partial charge on any atom is -0.380 e. The van der Waals surface area contributed by atoms with Gasteiger partial charge in [0.05, 0.1) is 6.61 Å². The summed E-state index contributed by atoms with van der Waals surface area (Å²) in [4.78, 5) is 0. The fourth-order valence-electron chi connectivity index (χ4n) is 3.67. The summed E-state index contributed by atoms with van der Waals surface area (Å²) >= 11 is 0. The second-order valence-electron chi connectivity index (χ2n) is 5.73. The zero-order chi connectivity index (χ0) is 11.4. The fourth-order valence-corrected chi connectivity index (χ4v) is 3.67. The average Bonchev–Trinajstić information content (AvgIpc) is 2.89. The first-order chi connectivity index (χ1) is 7.83. The number of rotatable bonds is 7. The molecule has 2 heteroatoms. The molecule has 0 aromatic heterocycles. The van der Waals surface area contributed by atoms with E-state index in [1.165, 1.54) is 32.1 Å². The summed E-state index contributed by atoms with van der Waals surface area (Å²) in [7, 11) is 2.08. The van der Waals surface area contributed by atoms with Gasteiger partial charge in [-0.3, -0.25) is 0 Å². The second kappa shape index (κ2) is 6.02. The zero-order valence-electron chi connectivity index (χ0n) is 10.9. The van der Waals surface area contributed by atoms with Crippen molar-refractivity contribution in [2.24, 2.45) is 17.8 Å². The summed E-state index contributed by atoms with van der Waals surface area (Å²) in [6, 6.07) is 0.580. The Morgan fingerprint density at radius 3 is 2.75 bits per heavy atom. The van der Waals surface area contributed by atoms with Crippen molar-refractivity contribution >= 4 is 0 Å². The smallest absolute Gasteiger partial charge is 0.0619 e. The van der Waals surface area contributed by atoms with Crippen LogP contribution in [0, 0.1) is 17.8 Å². The Bertz CT molecular complexity index is 207. The van der Waals surface area contributed by atoms with Gasteiger partial charge in [0.15, 0.2) is 0 Å². The summed E-state index contributed by atoms with van der Waals surface area (Å²) in [5.74, 6) is 3.11. The number of hydrogen-bond donors (Lipinski definition) is 1. The number of fused-ring (bicyclic) bond motifs is 2. The molecule has 0 aromatic carbocycles. The number of ether oxygens (including phenoxy) is 1. The van der Waals surface area contributed by atoms with Crippen molar-refractivity contribution in [3.8, 4) is 0 Å². The standard InChI is InChI=1S/C14H27NO/c1-3-6-16-10-14(15-2)9-13-8-11-4-5-12(13)7-11/h11-15H,3-10H2,1-2H3. The molecule has 16 heavy (non-hydrogen) atoms. The maximum atomic E-state index is 5.66. The van der Waals surface area contributed by atoms with E-state index in [1.807, 2.05) is 0 Å². The molecule has 0 heterocycles. The lowest BCUT2D eigenvalue weighted by atomic mass is 9.84. The summed E-state index contributed by atoms with van der Waals surface area (Å²) in [6.07, 6.45) is 8.50. The van der Waals surface area contributed by atoms with Gasteiger partial charge in [0.1, 0.15) is 0 Å². The number of likely N-dealkylation sites (N-methyl/N-ethyl adjacent to an activating group) is 1. The maximum Gasteiger partial charge on any atom is 0.0619 e. The number of hydrogen-bond acceptors (Lipinski definition) is 2. The molecule has 0 aliphatic heterocycles. The highest BCUT2D eigenvalue weighted by Gasteiger charge is 2.39. The van der Waals surface area contributed by atoms with Crippen LogP contribution in [0.5, 0.6) is 0 Å². The Morgan fingerprint density at radius 2 is 2.19 bits per heavy atom. The van der Waals surface area contributed by atoms with Crippen LogP contribution in [0.3, 0.4) is 0 Å². The molecule has 2 aliphatic carbocycles. The number of nitrogens with one attached hydrogen (secondary N) is 1. The van der Waals surface area contributed by atoms with Crippen LogP contribution in [0.2, 0.25) is 0 Å². The normalized spacial score (nSPS) is 34.5. The van der Waals surface area contributed by atoms with Crippen LogP contribution in [0.1, 0.15) is 45.4 Å². The van der Waals surface area contributed by atoms with Crippen LogP contribution in [-0.2, 0) is 4.74 Å². The molecule has 0 amide bonds. The molecule has 2 rings (SSSR count). The summed E-state index contributed by atoms with van der Waals surface area (Å²) in [5.41, 5.74) is 0. The Hall–Kier alpha value is -0.0800. The van der Waals surface area contributed by atoms with E-state index in [9.17, 15) is 0 Å². The quantitative estimate of drug-likeness (QED) is 0.673. The van der Waals surface area contributed by atoms with Crippen LogP contribution in [0.25, 0.3) is 0 Å². The van der Waals surface area contributed by atoms with Gasteiger partial charge in [0.2, 0.25) is 0 Å². The van der Waals surface area contributed by atoms with Crippen LogP contribution in [0.4, 0.5) is 0 Å². The Labute approximate surface area is 100 Å². The highest BCUT2D eigenvalue weighted by molar-refractivity contribution is 4.91. The van der Waals surface area contributed by atoms with Gasteiger partial charge in [-0.25, -0.2) is 0 Å². The van der Waals surface area contributed by atoms with Gasteiger partial charge in [-0.05, 0) is 56.9 Å². The van der Waals surface area contributed by atoms with Gasteiger partial charge in [0, 0.05) is 12.6 Å². The first kappa shape index (κ1) is 12.4. The average molecular weight is 225 g/mol. The van der Waals surface area contributed by atoms with Gasteiger partial charge >= 0.3 is 0 Å². The molecule has 0 radical (unpaired) electrons. The third-order valence-electron chi connectivity index (χ3n) is 4.55. The molecule has 0 aromatic rings. The molecule has 2 aliphatic rings. The van der Waals surface area contributed by atoms with Crippen LogP contribution < -0.4 is 5.32 Å². The maximum absolute atomic E-state index is 5.66. The molecule has 4 atom stereocenters. The van der Waals surface area contributed by atoms with Crippen molar-refractivity contribution in [3.05, 3.63) is 0 Å². The first-order valence-corrected chi connectivity index (χ1v) is 7.08. The highest BCUT2D eigenvalue weighted by Crippen LogP contribution is 2.49. The van der Waals surface area contributed by atoms with Crippen LogP contribution in [0.15, 0.2) is 0 Å². The molecule has 1 N–H and O–H groups in total. The van der Waals surface area contributed by atoms with Gasteiger partial charge in [0.25, 0.3) is 0 Å². The lowest BCUT2D eigenvalue weighted by Gasteiger charge is -2.26. The van der Waals surface area contributed by atoms with Crippen molar-refractivity contribution in [2.45, 2.75) is 51.5 Å². The monoisotopic (exact) mass is 225 g/mol. The van der Waals surface area contributed by atoms with E-state index < -0.39 is 0 Å². The predicted octanol–water partition coefficient (Wildman–Crippen LogP) is 2.83. The van der Waals surface area contributed by atoms with Gasteiger partial charge in [-0.2, -0.15) is 0 Å². The van der Waals surface area contributed by atoms with E-state index in [4.69, 9.17) is 4.74 Å². The van der Waals surface area contributed by atoms with Gasteiger partial charge in [-0.15, -0.1) is 0 Å². The van der Waals surface area contributed by atoms with Crippen molar-refractivity contribution in [3.63, 3.8) is 0 Å². The van der Waals surface area contributed by atoms with Crippen molar-refractivity contribution in [1.82, 2.24) is 5.32 Å². The van der Waals surface area contributed by atoms with E-state index in [1.54, 1.807) is 0 Å². The summed E-state index contributed by atoms with van der Waals surface area (Å²) in [6.45, 7) is 3.98. The Balaban J connectivity index is 1.70. The molecule has 2 saturated carbocycles. The Kier molecular flexibility index (Phi) is 4.66. The SMILES string of the molecule is CCCOCC(CC1CC2CCC1C2)NC. The van der Waals surface area contributed by atoms with E-state index in [-0.39, 0.29) is 0 Å². The molecule has 0 spiro atoms. The van der Waals surface area contributed by atoms with E-state index in [0.717, 1.165) is 37.4 Å². The molecule has 94 valence electrons. The molecule has 0 saturated heterocycles. The molecule has 2 bridgehead atoms. The summed E-state index contributed by atoms with van der Waals surface area (Å²) in [5, 5.41) is 3.42. The van der Waals surface area contributed by atoms with Crippen molar-refractivity contribution in [1.29, 1.82) is 0 Å². The predicted molar refractivity (Wildman–Crippen MR) is 67.5 cm³/mol. The summed E-state index contributed by atoms with van der Waals surface area (Å²) < 4.78 is 5.66. The van der Waals surface area contributed by atoms with Crippen LogP contribution in [-0.4, -0.2) is 26.3 Å². The lowest BCUT2D eigenvalue weighted by Crippen LogP contribution is -2.33. The van der Waals surface area contributed by atoms with Gasteiger partial charge < -0.3 is 10.1 Å². The topological polar surface area (TPSA) is 21.3 Å². The molecule has 2 nitrogen and oxygen atoms in total. The van der Waals surface area contributed by atoms with Gasteiger partial charge in [-0.1, -0.05) is 13.3 Å². The molecule has 2 fully saturated rings. The van der Waals surface area contributed by atoms with E-state index >= 15 is 0 Å². The lowest BCUT2D eigenvalue weighted by molar-refractivity contribution is 0.102. The second-order valence-corrected chi connectivity index (χ2v) is 5.73. The molecular weight excluding hydrogens is 198 g/mol. The first-order valence-electron chi connectivity index (χ1n) is 7.08. The van der Waals surface area contributed by atoms with Crippen LogP contribution >= 0.6 is 0 Å². The largest absolute Gasteiger partial charge is 0.380 e.